The van der Waals surface area contributed by atoms with Crippen LogP contribution in [0.1, 0.15) is 107 Å². The Kier molecular flexibility index (Phi) is 35.9. The van der Waals surface area contributed by atoms with Gasteiger partial charge in [-0.15, -0.1) is 22.9 Å². The first-order valence-electron chi connectivity index (χ1n) is 30.5. The fourth-order valence-electron chi connectivity index (χ4n) is 9.92. The van der Waals surface area contributed by atoms with E-state index in [4.69, 9.17) is 38.0 Å². The Morgan fingerprint density at radius 3 is 1.41 bits per heavy atom. The SMILES string of the molecule is CN1CC(=O)C(C(=O)OC(C)(C)C)C[C@H]1CF.CN1CC(O)C(C(=O)OC(C)(C)C)C[C@H]1CF.CN1CC=C(C(=O)CCl)C[C@H]1CF.CN1CC=C(C(=O)OC(C)(C)C)C[C@H]1CF.CN1CC=C(c2csc(=S)[nH]2)C[C@H]1CF.COC(=O)C1=CCN(C)[C@H](CF)C1. The molecule has 9 atom stereocenters. The zero-order valence-electron chi connectivity index (χ0n) is 56.2. The van der Waals surface area contributed by atoms with E-state index in [-0.39, 0.29) is 85.3 Å². The number of piperidine rings is 2. The lowest BCUT2D eigenvalue weighted by atomic mass is 9.89. The molecule has 1 aromatic heterocycles. The van der Waals surface area contributed by atoms with Gasteiger partial charge in [-0.3, -0.25) is 48.6 Å². The largest absolute Gasteiger partial charge is 0.466 e. The van der Waals surface area contributed by atoms with Crippen molar-refractivity contribution in [3.05, 3.63) is 56.1 Å². The third kappa shape index (κ3) is 29.0. The van der Waals surface area contributed by atoms with Gasteiger partial charge < -0.3 is 29.0 Å². The number of Topliss-reactive ketones (excluding diaryl/α,β-unsaturated/α-hetero) is 2. The molecule has 0 aliphatic carbocycles. The summed E-state index contributed by atoms with van der Waals surface area (Å²) in [6, 6.07) is -1.22. The molecule has 7 rings (SSSR count). The van der Waals surface area contributed by atoms with Crippen LogP contribution < -0.4 is 0 Å². The number of methoxy groups -OCH3 is 1. The van der Waals surface area contributed by atoms with E-state index in [9.17, 15) is 60.2 Å². The van der Waals surface area contributed by atoms with Gasteiger partial charge in [-0.1, -0.05) is 24.3 Å². The van der Waals surface area contributed by atoms with Crippen molar-refractivity contribution >= 4 is 76.2 Å². The number of ketones is 2. The van der Waals surface area contributed by atoms with E-state index < -0.39 is 80.1 Å². The molecule has 0 spiro atoms. The van der Waals surface area contributed by atoms with Crippen LogP contribution in [0, 0.1) is 15.8 Å². The van der Waals surface area contributed by atoms with Crippen LogP contribution in [-0.4, -0.2) is 269 Å². The predicted molar refractivity (Wildman–Crippen MR) is 347 cm³/mol. The Morgan fingerprint density at radius 1 is 0.582 bits per heavy atom. The van der Waals surface area contributed by atoms with E-state index in [0.29, 0.717) is 68.6 Å². The number of rotatable bonds is 13. The summed E-state index contributed by atoms with van der Waals surface area (Å²) in [5, 5.41) is 11.9. The van der Waals surface area contributed by atoms with Gasteiger partial charge in [-0.05, 0) is 166 Å². The van der Waals surface area contributed by atoms with Crippen LogP contribution in [0.25, 0.3) is 5.57 Å². The molecule has 27 heteroatoms. The third-order valence-corrected chi connectivity index (χ3v) is 17.1. The zero-order chi connectivity index (χ0) is 69.3. The fraction of sp³-hybridized carbons (Fsp3) is 0.734. The van der Waals surface area contributed by atoms with Gasteiger partial charge in [0.25, 0.3) is 0 Å². The van der Waals surface area contributed by atoms with Gasteiger partial charge in [0.1, 0.15) is 62.8 Å². The number of nitrogens with zero attached hydrogens (tertiary/aromatic N) is 6. The van der Waals surface area contributed by atoms with E-state index in [1.807, 2.05) is 86.1 Å². The summed E-state index contributed by atoms with van der Waals surface area (Å²) < 4.78 is 96.8. The van der Waals surface area contributed by atoms with Crippen molar-refractivity contribution in [2.75, 3.05) is 135 Å². The van der Waals surface area contributed by atoms with Crippen LogP contribution in [0.4, 0.5) is 26.3 Å². The first-order valence-corrected chi connectivity index (χ1v) is 32.3. The summed E-state index contributed by atoms with van der Waals surface area (Å²) in [5.74, 6) is -3.33. The summed E-state index contributed by atoms with van der Waals surface area (Å²) in [7, 11) is 12.3. The number of nitrogens with one attached hydrogen (secondary N) is 1. The van der Waals surface area contributed by atoms with Crippen LogP contribution in [-0.2, 0) is 47.7 Å². The maximum absolute atomic E-state index is 12.8. The highest BCUT2D eigenvalue weighted by Gasteiger charge is 2.41. The smallest absolute Gasteiger partial charge is 0.334 e. The van der Waals surface area contributed by atoms with Gasteiger partial charge in [0.05, 0.1) is 37.3 Å². The Balaban J connectivity index is 0.000000373. The van der Waals surface area contributed by atoms with Crippen LogP contribution in [0.15, 0.2) is 46.4 Å². The summed E-state index contributed by atoms with van der Waals surface area (Å²) >= 11 is 12.0. The van der Waals surface area contributed by atoms with Crippen molar-refractivity contribution in [1.82, 2.24) is 34.4 Å². The monoisotopic (exact) mass is 1360 g/mol. The lowest BCUT2D eigenvalue weighted by Crippen LogP contribution is -2.52. The number of hydrogen-bond acceptors (Lipinski definition) is 19. The van der Waals surface area contributed by atoms with Gasteiger partial charge in [0.2, 0.25) is 0 Å². The highest BCUT2D eigenvalue weighted by Crippen LogP contribution is 2.29. The van der Waals surface area contributed by atoms with E-state index in [0.717, 1.165) is 22.6 Å². The minimum absolute atomic E-state index is 0.00540. The van der Waals surface area contributed by atoms with Gasteiger partial charge >= 0.3 is 23.9 Å². The normalized spacial score (nSPS) is 25.5. The molecule has 2 fully saturated rings. The van der Waals surface area contributed by atoms with Crippen molar-refractivity contribution in [1.29, 1.82) is 0 Å². The average molecular weight is 1360 g/mol. The Labute approximate surface area is 549 Å². The minimum Gasteiger partial charge on any atom is -0.466 e. The first-order chi connectivity index (χ1) is 42.4. The second-order valence-corrected chi connectivity index (χ2v) is 28.4. The Morgan fingerprint density at radius 2 is 0.989 bits per heavy atom. The minimum atomic E-state index is -0.814. The van der Waals surface area contributed by atoms with Crippen LogP contribution in [0.2, 0.25) is 0 Å². The molecule has 91 heavy (non-hydrogen) atoms. The summed E-state index contributed by atoms with van der Waals surface area (Å²) in [4.78, 5) is 83.7. The second kappa shape index (κ2) is 39.5. The molecule has 3 unspecified atom stereocenters. The molecule has 0 saturated carbocycles. The highest BCUT2D eigenvalue weighted by atomic mass is 35.5. The van der Waals surface area contributed by atoms with E-state index in [1.165, 1.54) is 24.0 Å². The molecule has 6 aliphatic heterocycles. The molecule has 1 aromatic rings. The molecule has 7 heterocycles. The number of aromatic amines is 1. The van der Waals surface area contributed by atoms with Crippen LogP contribution in [0.3, 0.4) is 0 Å². The Bertz CT molecular complexity index is 2630. The van der Waals surface area contributed by atoms with Crippen molar-refractivity contribution in [2.45, 2.75) is 160 Å². The number of esters is 4. The molecular formula is C64H102ClF6N7O11S2. The van der Waals surface area contributed by atoms with Crippen molar-refractivity contribution in [3.63, 3.8) is 0 Å². The second-order valence-electron chi connectivity index (χ2n) is 26.5. The van der Waals surface area contributed by atoms with Gasteiger partial charge in [0.15, 0.2) is 15.5 Å². The number of likely N-dealkylation sites (N-methyl/N-ethyl adjacent to an activating group) is 6. The summed E-state index contributed by atoms with van der Waals surface area (Å²) in [6.07, 6.45) is 9.44. The molecule has 0 aromatic carbocycles. The molecule has 0 bridgehead atoms. The number of likely N-dealkylation sites (tertiary alicyclic amines) is 2. The first kappa shape index (κ1) is 82.7. The number of H-pyrrole nitrogens is 1. The molecule has 18 nitrogen and oxygen atoms in total. The standard InChI is InChI=1S/C12H22FNO3.C12H20FNO3.C12H20FNO2.C10H13FN2S2.C9H13ClFNO.C9H14FNO2/c2*1-12(2,3)17-11(16)9-5-8(6-13)14(4)7-10(9)15;1-12(2,3)16-11(15)9-5-6-14(4)10(7-9)8-13;1-13-3-2-7(4-8(13)5-11)9-6-15-10(14)12-9;1-12-3-2-7(9(13)5-10)4-8(12)6-11;1-11-4-3-7(9(12)13-2)5-8(11)6-10/h8-10,15H,5-7H2,1-4H3;8-9H,5-7H2,1-4H3;5,10H,6-8H2,1-4H3;2,6,8H,3-5H2,1H3,(H,12,14);2,8H,3-6H2,1H3;3,8H,4-6H2,1-2H3/t8-,9?,10?;8-,9?;10-;3*8-/m000000/s1. The van der Waals surface area contributed by atoms with Crippen molar-refractivity contribution in [2.24, 2.45) is 11.8 Å². The summed E-state index contributed by atoms with van der Waals surface area (Å²) in [5.41, 5.74) is 2.40. The number of aliphatic hydroxyl groups excluding tert-OH is 1. The van der Waals surface area contributed by atoms with E-state index in [2.05, 4.69) is 15.8 Å². The quantitative estimate of drug-likeness (QED) is 0.0474. The van der Waals surface area contributed by atoms with Crippen molar-refractivity contribution in [3.8, 4) is 0 Å². The third-order valence-electron chi connectivity index (χ3n) is 15.8. The van der Waals surface area contributed by atoms with Crippen LogP contribution >= 0.6 is 35.2 Å². The number of aromatic nitrogens is 1. The fourth-order valence-corrected chi connectivity index (χ4v) is 10.9. The number of ether oxygens (including phenoxy) is 4. The van der Waals surface area contributed by atoms with Gasteiger partial charge in [-0.25, -0.2) is 35.9 Å². The maximum atomic E-state index is 12.8. The predicted octanol–water partition coefficient (Wildman–Crippen LogP) is 9.11. The lowest BCUT2D eigenvalue weighted by Gasteiger charge is -2.38. The van der Waals surface area contributed by atoms with E-state index >= 15 is 0 Å². The number of alkyl halides is 7. The topological polar surface area (TPSA) is 195 Å². The molecule has 0 amide bonds. The molecule has 6 aliphatic rings. The molecular weight excluding hydrogens is 1260 g/mol. The summed E-state index contributed by atoms with van der Waals surface area (Å²) in [6.45, 7) is 16.5. The van der Waals surface area contributed by atoms with Crippen LogP contribution in [0.5, 0.6) is 0 Å². The number of hydrogen-bond donors (Lipinski definition) is 2. The number of halogens is 7. The number of thiazole rings is 1. The molecule has 2 saturated heterocycles. The number of carbonyl (C=O) groups excluding carboxylic acids is 6. The molecule has 520 valence electrons. The maximum Gasteiger partial charge on any atom is 0.334 e. The highest BCUT2D eigenvalue weighted by molar-refractivity contribution is 7.73. The number of β-amino-alcohol motifs (C(OH)–C–C–N with tert-alkyl or cyclic N) is 1. The average Bonchev–Trinajstić information content (AvgIpc) is 1.47. The van der Waals surface area contributed by atoms with Gasteiger partial charge in [-0.2, -0.15) is 0 Å². The van der Waals surface area contributed by atoms with E-state index in [1.54, 1.807) is 71.5 Å². The molecule has 2 N–H and O–H groups in total. The zero-order valence-corrected chi connectivity index (χ0v) is 58.6. The lowest BCUT2D eigenvalue weighted by molar-refractivity contribution is -0.168. The Hall–Kier alpha value is -4.38. The molecule has 0 radical (unpaired) electrons. The van der Waals surface area contributed by atoms with Gasteiger partial charge in [0, 0.05) is 85.5 Å². The van der Waals surface area contributed by atoms with Crippen molar-refractivity contribution < 1.29 is 79.2 Å². The number of carbonyl (C=O) groups is 6. The number of aliphatic hydroxyl groups is 1.